The van der Waals surface area contributed by atoms with Crippen molar-refractivity contribution >= 4 is 12.7 Å². The summed E-state index contributed by atoms with van der Waals surface area (Å²) in [6, 6.07) is 1.83. The van der Waals surface area contributed by atoms with Gasteiger partial charge in [-0.05, 0) is 19.1 Å². The third-order valence-corrected chi connectivity index (χ3v) is 1.16. The Bertz CT molecular complexity index is 330. The second-order valence-corrected chi connectivity index (χ2v) is 2.30. The van der Waals surface area contributed by atoms with Crippen LogP contribution in [0, 0.1) is 0 Å². The largest absolute Gasteiger partial charge is 0.464 e. The molecule has 1 heterocycles. The van der Waals surface area contributed by atoms with E-state index in [-0.39, 0.29) is 0 Å². The van der Waals surface area contributed by atoms with E-state index in [2.05, 4.69) is 13.2 Å². The van der Waals surface area contributed by atoms with Gasteiger partial charge in [-0.15, -0.1) is 0 Å². The number of hydrogen-bond donors (Lipinski definition) is 0. The van der Waals surface area contributed by atoms with Crippen molar-refractivity contribution in [3.8, 4) is 0 Å². The minimum Gasteiger partial charge on any atom is -0.464 e. The summed E-state index contributed by atoms with van der Waals surface area (Å²) in [6.07, 6.45) is 3.49. The summed E-state index contributed by atoms with van der Waals surface area (Å²) in [6.45, 7) is 13.4. The van der Waals surface area contributed by atoms with Crippen molar-refractivity contribution in [2.75, 3.05) is 0 Å². The van der Waals surface area contributed by atoms with Gasteiger partial charge in [0.2, 0.25) is 0 Å². The molecule has 0 atom stereocenters. The van der Waals surface area contributed by atoms with E-state index in [9.17, 15) is 0 Å². The second kappa shape index (κ2) is 5.42. The average molecular weight is 164 g/mol. The van der Waals surface area contributed by atoms with Gasteiger partial charge in [-0.1, -0.05) is 32.6 Å². The summed E-state index contributed by atoms with van der Waals surface area (Å²) in [5.74, 6) is 0. The molecule has 0 aromatic carbocycles. The monoisotopic (exact) mass is 164 g/mol. The lowest BCUT2D eigenvalue weighted by atomic mass is 10.3. The van der Waals surface area contributed by atoms with Gasteiger partial charge in [-0.25, -0.2) is 0 Å². The Kier molecular flexibility index (Phi) is 4.86. The van der Waals surface area contributed by atoms with Crippen LogP contribution in [0.25, 0.3) is 12.7 Å². The zero-order valence-electron chi connectivity index (χ0n) is 8.05. The molecule has 0 saturated heterocycles. The topological polar surface area (TPSA) is 13.1 Å². The van der Waals surface area contributed by atoms with Crippen molar-refractivity contribution < 1.29 is 4.42 Å². The fraction of sp³-hybridized carbons (Fsp3) is 0.273. The van der Waals surface area contributed by atoms with Gasteiger partial charge in [0.25, 0.3) is 0 Å². The Balaban J connectivity index is 0.000000561. The Morgan fingerprint density at radius 1 is 1.50 bits per heavy atom. The van der Waals surface area contributed by atoms with E-state index in [1.807, 2.05) is 32.9 Å². The summed E-state index contributed by atoms with van der Waals surface area (Å²) < 4.78 is 5.10. The third kappa shape index (κ3) is 3.24. The van der Waals surface area contributed by atoms with Crippen LogP contribution in [0.4, 0.5) is 0 Å². The van der Waals surface area contributed by atoms with Gasteiger partial charge >= 0.3 is 0 Å². The minimum atomic E-state index is 0.799. The molecule has 0 radical (unpaired) electrons. The minimum absolute atomic E-state index is 0.799. The molecule has 1 heteroatoms. The first-order valence-corrected chi connectivity index (χ1v) is 4.10. The van der Waals surface area contributed by atoms with Crippen LogP contribution in [-0.4, -0.2) is 0 Å². The fourth-order valence-electron chi connectivity index (χ4n) is 0.698. The van der Waals surface area contributed by atoms with Crippen molar-refractivity contribution in [1.29, 1.82) is 0 Å². The predicted octanol–water partition coefficient (Wildman–Crippen LogP) is 2.07. The van der Waals surface area contributed by atoms with Crippen LogP contribution in [-0.2, 0) is 0 Å². The van der Waals surface area contributed by atoms with Gasteiger partial charge in [-0.2, -0.15) is 0 Å². The molecule has 0 N–H and O–H groups in total. The molecule has 0 aliphatic rings. The van der Waals surface area contributed by atoms with Crippen molar-refractivity contribution in [2.45, 2.75) is 20.8 Å². The Morgan fingerprint density at radius 2 is 2.08 bits per heavy atom. The molecule has 66 valence electrons. The Hall–Kier alpha value is -1.24. The van der Waals surface area contributed by atoms with E-state index in [4.69, 9.17) is 4.42 Å². The van der Waals surface area contributed by atoms with E-state index in [1.165, 1.54) is 0 Å². The highest BCUT2D eigenvalue weighted by atomic mass is 16.3. The van der Waals surface area contributed by atoms with Crippen molar-refractivity contribution in [3.05, 3.63) is 35.1 Å². The Morgan fingerprint density at radius 3 is 2.42 bits per heavy atom. The highest BCUT2D eigenvalue weighted by molar-refractivity contribution is 5.40. The summed E-state index contributed by atoms with van der Waals surface area (Å²) in [7, 11) is 0. The molecule has 1 rings (SSSR count). The molecule has 0 bridgehead atoms. The molecule has 0 amide bonds. The molecule has 0 aliphatic carbocycles. The quantitative estimate of drug-likeness (QED) is 0.619. The van der Waals surface area contributed by atoms with E-state index >= 15 is 0 Å². The molecule has 0 saturated carbocycles. The summed E-state index contributed by atoms with van der Waals surface area (Å²) >= 11 is 0. The normalized spacial score (nSPS) is 10.4. The van der Waals surface area contributed by atoms with Gasteiger partial charge in [0, 0.05) is 5.22 Å². The molecule has 0 spiro atoms. The Labute approximate surface area is 73.7 Å². The highest BCUT2D eigenvalue weighted by Crippen LogP contribution is 1.85. The maximum Gasteiger partial charge on any atom is 0.133 e. The van der Waals surface area contributed by atoms with Crippen LogP contribution in [0.2, 0.25) is 0 Å². The molecule has 12 heavy (non-hydrogen) atoms. The maximum absolute atomic E-state index is 5.10. The van der Waals surface area contributed by atoms with E-state index in [0.29, 0.717) is 0 Å². The number of furan rings is 1. The molecular formula is C11H16O. The lowest BCUT2D eigenvalue weighted by molar-refractivity contribution is 0.531. The van der Waals surface area contributed by atoms with Crippen molar-refractivity contribution in [3.63, 3.8) is 0 Å². The molecular weight excluding hydrogens is 148 g/mol. The predicted molar refractivity (Wildman–Crippen MR) is 54.1 cm³/mol. The van der Waals surface area contributed by atoms with E-state index in [0.717, 1.165) is 16.2 Å². The van der Waals surface area contributed by atoms with Gasteiger partial charge in [0.1, 0.15) is 5.42 Å². The van der Waals surface area contributed by atoms with Crippen LogP contribution < -0.4 is 10.6 Å². The zero-order valence-corrected chi connectivity index (χ0v) is 8.05. The zero-order chi connectivity index (χ0) is 9.56. The maximum atomic E-state index is 5.10. The first-order valence-electron chi connectivity index (χ1n) is 4.10. The molecule has 0 aliphatic heterocycles. The fourth-order valence-corrected chi connectivity index (χ4v) is 0.698. The summed E-state index contributed by atoms with van der Waals surface area (Å²) in [5.41, 5.74) is 1.77. The van der Waals surface area contributed by atoms with Gasteiger partial charge in [-0.3, -0.25) is 0 Å². The molecule has 0 unspecified atom stereocenters. The van der Waals surface area contributed by atoms with E-state index in [1.54, 1.807) is 6.26 Å². The molecule has 1 nitrogen and oxygen atoms in total. The van der Waals surface area contributed by atoms with Gasteiger partial charge < -0.3 is 4.42 Å². The summed E-state index contributed by atoms with van der Waals surface area (Å²) in [4.78, 5) is 0. The van der Waals surface area contributed by atoms with Crippen LogP contribution in [0.15, 0.2) is 28.9 Å². The smallest absolute Gasteiger partial charge is 0.133 e. The first-order chi connectivity index (χ1) is 5.70. The molecule has 1 aromatic rings. The SMILES string of the molecule is C=C(C)/C=c1/occc1=C.CC. The van der Waals surface area contributed by atoms with Crippen molar-refractivity contribution in [2.24, 2.45) is 0 Å². The average Bonchev–Trinajstić information content (AvgIpc) is 2.40. The van der Waals surface area contributed by atoms with E-state index < -0.39 is 0 Å². The number of rotatable bonds is 1. The lowest BCUT2D eigenvalue weighted by Crippen LogP contribution is -2.16. The number of allylic oxidation sites excluding steroid dienone is 1. The highest BCUT2D eigenvalue weighted by Gasteiger charge is 1.83. The molecule has 1 aromatic heterocycles. The number of hydrogen-bond acceptors (Lipinski definition) is 1. The van der Waals surface area contributed by atoms with Gasteiger partial charge in [0.05, 0.1) is 6.26 Å². The van der Waals surface area contributed by atoms with Crippen molar-refractivity contribution in [1.82, 2.24) is 0 Å². The first kappa shape index (κ1) is 10.8. The van der Waals surface area contributed by atoms with Crippen LogP contribution in [0.5, 0.6) is 0 Å². The second-order valence-electron chi connectivity index (χ2n) is 2.30. The van der Waals surface area contributed by atoms with Crippen LogP contribution in [0.1, 0.15) is 20.8 Å². The molecule has 0 fully saturated rings. The standard InChI is InChI=1S/C9H10O.C2H6/c1-7(2)6-9-8(3)4-5-10-9;1-2/h4-6H,1,3H2,2H3;1-2H3/b9-6+;. The lowest BCUT2D eigenvalue weighted by Gasteiger charge is -1.79. The summed E-state index contributed by atoms with van der Waals surface area (Å²) in [5, 5.41) is 0.906. The van der Waals surface area contributed by atoms with Gasteiger partial charge in [0.15, 0.2) is 0 Å². The third-order valence-electron chi connectivity index (χ3n) is 1.16. The van der Waals surface area contributed by atoms with Crippen LogP contribution in [0.3, 0.4) is 0 Å². The van der Waals surface area contributed by atoms with Crippen LogP contribution >= 0.6 is 0 Å².